The quantitative estimate of drug-likeness (QED) is 0.643. The number of hydrogen-bond donors (Lipinski definition) is 0. The Balaban J connectivity index is 5.50. The van der Waals surface area contributed by atoms with Gasteiger partial charge in [0, 0.05) is 18.9 Å². The zero-order chi connectivity index (χ0) is 16.0. The first-order valence-electron chi connectivity index (χ1n) is 7.56. The highest BCUT2D eigenvalue weighted by molar-refractivity contribution is 5.86. The molecule has 0 heterocycles. The number of carbonyl (C=O) groups excluding carboxylic acids is 2. The van der Waals surface area contributed by atoms with Crippen molar-refractivity contribution < 1.29 is 14.3 Å². The first-order valence-corrected chi connectivity index (χ1v) is 7.56. The molecule has 4 nitrogen and oxygen atoms in total. The summed E-state index contributed by atoms with van der Waals surface area (Å²) in [6.07, 6.45) is 0.478. The standard InChI is InChI=1S/C16H31NO3/c1-9-12(6)16(20-13(7)18)14(15(19)10(2)3)17(8)11(4)5/h10-12,14,16H,9H2,1-8H3/t12-,14?,16?/m1/s1. The molecule has 0 bridgehead atoms. The number of Topliss-reactive ketones (excluding diaryl/α,β-unsaturated/α-hetero) is 1. The van der Waals surface area contributed by atoms with Gasteiger partial charge < -0.3 is 4.74 Å². The summed E-state index contributed by atoms with van der Waals surface area (Å²) >= 11 is 0. The van der Waals surface area contributed by atoms with E-state index in [4.69, 9.17) is 4.74 Å². The molecule has 0 radical (unpaired) electrons. The first-order chi connectivity index (χ1) is 9.13. The van der Waals surface area contributed by atoms with Crippen LogP contribution in [0.4, 0.5) is 0 Å². The lowest BCUT2D eigenvalue weighted by atomic mass is 9.87. The van der Waals surface area contributed by atoms with E-state index in [1.54, 1.807) is 0 Å². The van der Waals surface area contributed by atoms with Gasteiger partial charge in [0.25, 0.3) is 0 Å². The Hall–Kier alpha value is -0.900. The van der Waals surface area contributed by atoms with Crippen LogP contribution in [0.1, 0.15) is 54.9 Å². The Morgan fingerprint density at radius 2 is 1.60 bits per heavy atom. The van der Waals surface area contributed by atoms with Gasteiger partial charge in [0.2, 0.25) is 0 Å². The summed E-state index contributed by atoms with van der Waals surface area (Å²) in [4.78, 5) is 26.0. The van der Waals surface area contributed by atoms with Gasteiger partial charge in [-0.1, -0.05) is 27.7 Å². The van der Waals surface area contributed by atoms with Crippen LogP contribution in [0.5, 0.6) is 0 Å². The minimum Gasteiger partial charge on any atom is -0.460 e. The number of hydrogen-bond acceptors (Lipinski definition) is 4. The first kappa shape index (κ1) is 19.1. The number of likely N-dealkylation sites (N-methyl/N-ethyl adjacent to an activating group) is 1. The van der Waals surface area contributed by atoms with E-state index in [0.717, 1.165) is 6.42 Å². The summed E-state index contributed by atoms with van der Waals surface area (Å²) in [5.74, 6) is -0.127. The highest BCUT2D eigenvalue weighted by Crippen LogP contribution is 2.23. The van der Waals surface area contributed by atoms with Crippen LogP contribution in [0.3, 0.4) is 0 Å². The average molecular weight is 285 g/mol. The van der Waals surface area contributed by atoms with Crippen LogP contribution in [0.15, 0.2) is 0 Å². The normalized spacial score (nSPS) is 16.4. The molecule has 2 unspecified atom stereocenters. The number of esters is 1. The van der Waals surface area contributed by atoms with Crippen molar-refractivity contribution in [2.75, 3.05) is 7.05 Å². The molecule has 0 saturated heterocycles. The topological polar surface area (TPSA) is 46.6 Å². The van der Waals surface area contributed by atoms with Gasteiger partial charge >= 0.3 is 5.97 Å². The molecule has 0 spiro atoms. The van der Waals surface area contributed by atoms with Gasteiger partial charge in [0.1, 0.15) is 12.1 Å². The van der Waals surface area contributed by atoms with Crippen molar-refractivity contribution in [3.8, 4) is 0 Å². The average Bonchev–Trinajstić information content (AvgIpc) is 2.35. The smallest absolute Gasteiger partial charge is 0.302 e. The molecule has 0 aromatic rings. The number of rotatable bonds is 8. The molecule has 118 valence electrons. The lowest BCUT2D eigenvalue weighted by molar-refractivity contribution is -0.157. The Kier molecular flexibility index (Phi) is 8.02. The van der Waals surface area contributed by atoms with Crippen LogP contribution >= 0.6 is 0 Å². The molecule has 0 aliphatic carbocycles. The summed E-state index contributed by atoms with van der Waals surface area (Å²) in [5.41, 5.74) is 0. The number of nitrogens with zero attached hydrogens (tertiary/aromatic N) is 1. The number of carbonyl (C=O) groups is 2. The SMILES string of the molecule is CC[C@@H](C)C(OC(C)=O)C(C(=O)C(C)C)N(C)C(C)C. The summed E-state index contributed by atoms with van der Waals surface area (Å²) < 4.78 is 5.51. The Morgan fingerprint density at radius 3 is 1.90 bits per heavy atom. The van der Waals surface area contributed by atoms with E-state index >= 15 is 0 Å². The van der Waals surface area contributed by atoms with Crippen molar-refractivity contribution >= 4 is 11.8 Å². The van der Waals surface area contributed by atoms with Crippen molar-refractivity contribution in [3.63, 3.8) is 0 Å². The number of ketones is 1. The Bertz CT molecular complexity index is 326. The molecule has 0 aliphatic heterocycles. The van der Waals surface area contributed by atoms with Crippen LogP contribution in [0.25, 0.3) is 0 Å². The van der Waals surface area contributed by atoms with Crippen molar-refractivity contribution in [1.29, 1.82) is 0 Å². The van der Waals surface area contributed by atoms with Gasteiger partial charge in [0.05, 0.1) is 0 Å². The molecule has 0 rings (SSSR count). The van der Waals surface area contributed by atoms with Gasteiger partial charge in [0.15, 0.2) is 5.78 Å². The maximum absolute atomic E-state index is 12.6. The molecular formula is C16H31NO3. The van der Waals surface area contributed by atoms with E-state index in [9.17, 15) is 9.59 Å². The highest BCUT2D eigenvalue weighted by Gasteiger charge is 2.38. The van der Waals surface area contributed by atoms with Crippen LogP contribution in [-0.4, -0.2) is 41.9 Å². The van der Waals surface area contributed by atoms with Crippen molar-refractivity contribution in [3.05, 3.63) is 0 Å². The summed E-state index contributed by atoms with van der Waals surface area (Å²) in [6, 6.07) is -0.168. The zero-order valence-corrected chi connectivity index (χ0v) is 14.3. The van der Waals surface area contributed by atoms with Crippen LogP contribution in [0.2, 0.25) is 0 Å². The van der Waals surface area contributed by atoms with Gasteiger partial charge in [-0.3, -0.25) is 14.5 Å². The lowest BCUT2D eigenvalue weighted by Gasteiger charge is -2.38. The third kappa shape index (κ3) is 5.23. The summed E-state index contributed by atoms with van der Waals surface area (Å²) in [7, 11) is 1.93. The molecule has 0 amide bonds. The minimum atomic E-state index is -0.389. The molecule has 20 heavy (non-hydrogen) atoms. The van der Waals surface area contributed by atoms with Crippen molar-refractivity contribution in [1.82, 2.24) is 4.90 Å². The molecule has 3 atom stereocenters. The lowest BCUT2D eigenvalue weighted by Crippen LogP contribution is -2.54. The molecule has 4 heteroatoms. The van der Waals surface area contributed by atoms with E-state index in [1.807, 2.05) is 53.5 Å². The van der Waals surface area contributed by atoms with Crippen molar-refractivity contribution in [2.24, 2.45) is 11.8 Å². The fourth-order valence-electron chi connectivity index (χ4n) is 2.17. The second-order valence-electron chi connectivity index (χ2n) is 6.22. The number of ether oxygens (including phenoxy) is 1. The van der Waals surface area contributed by atoms with Crippen molar-refractivity contribution in [2.45, 2.75) is 73.1 Å². The van der Waals surface area contributed by atoms with Gasteiger partial charge in [-0.05, 0) is 33.2 Å². The minimum absolute atomic E-state index is 0.0803. The fourth-order valence-corrected chi connectivity index (χ4v) is 2.17. The second kappa shape index (κ2) is 8.40. The van der Waals surface area contributed by atoms with Crippen LogP contribution in [0, 0.1) is 11.8 Å². The van der Waals surface area contributed by atoms with E-state index in [1.165, 1.54) is 6.92 Å². The van der Waals surface area contributed by atoms with Crippen LogP contribution < -0.4 is 0 Å². The zero-order valence-electron chi connectivity index (χ0n) is 14.3. The predicted octanol–water partition coefficient (Wildman–Crippen LogP) is 2.90. The van der Waals surface area contributed by atoms with Crippen LogP contribution in [-0.2, 0) is 14.3 Å². The van der Waals surface area contributed by atoms with E-state index < -0.39 is 0 Å². The monoisotopic (exact) mass is 285 g/mol. The summed E-state index contributed by atoms with van der Waals surface area (Å²) in [5, 5.41) is 0. The molecule has 0 N–H and O–H groups in total. The second-order valence-corrected chi connectivity index (χ2v) is 6.22. The van der Waals surface area contributed by atoms with Gasteiger partial charge in [-0.25, -0.2) is 0 Å². The molecule has 0 aromatic carbocycles. The highest BCUT2D eigenvalue weighted by atomic mass is 16.5. The third-order valence-corrected chi connectivity index (χ3v) is 3.93. The molecule has 0 fully saturated rings. The summed E-state index contributed by atoms with van der Waals surface area (Å²) in [6.45, 7) is 13.4. The predicted molar refractivity (Wildman–Crippen MR) is 81.5 cm³/mol. The maximum Gasteiger partial charge on any atom is 0.302 e. The largest absolute Gasteiger partial charge is 0.460 e. The molecule has 0 aliphatic rings. The van der Waals surface area contributed by atoms with E-state index in [2.05, 4.69) is 0 Å². The third-order valence-electron chi connectivity index (χ3n) is 3.93. The molecular weight excluding hydrogens is 254 g/mol. The van der Waals surface area contributed by atoms with Gasteiger partial charge in [-0.2, -0.15) is 0 Å². The van der Waals surface area contributed by atoms with E-state index in [0.29, 0.717) is 0 Å². The molecule has 0 saturated carbocycles. The fraction of sp³-hybridized carbons (Fsp3) is 0.875. The van der Waals surface area contributed by atoms with E-state index in [-0.39, 0.29) is 41.8 Å². The Labute approximate surface area is 123 Å². The van der Waals surface area contributed by atoms with Gasteiger partial charge in [-0.15, -0.1) is 0 Å². The Morgan fingerprint density at radius 1 is 1.10 bits per heavy atom. The maximum atomic E-state index is 12.6. The molecule has 0 aromatic heterocycles.